The lowest BCUT2D eigenvalue weighted by Gasteiger charge is -2.14. The smallest absolute Gasteiger partial charge is 0.299 e. The maximum absolute atomic E-state index is 12.3. The number of hydrogen-bond donors (Lipinski definition) is 2. The highest BCUT2D eigenvalue weighted by Gasteiger charge is 2.13. The number of aromatic nitrogens is 1. The van der Waals surface area contributed by atoms with Crippen LogP contribution in [0.25, 0.3) is 0 Å². The van der Waals surface area contributed by atoms with Crippen LogP contribution in [0.4, 0.5) is 5.69 Å². The highest BCUT2D eigenvalue weighted by atomic mass is 32.2. The summed E-state index contributed by atoms with van der Waals surface area (Å²) in [5, 5.41) is 0. The molecule has 0 aliphatic rings. The van der Waals surface area contributed by atoms with Crippen molar-refractivity contribution in [2.75, 3.05) is 4.72 Å². The number of rotatable bonds is 8. The van der Waals surface area contributed by atoms with Gasteiger partial charge in [-0.25, -0.2) is 0 Å². The molecule has 0 fully saturated rings. The molecule has 1 heterocycles. The predicted octanol–water partition coefficient (Wildman–Crippen LogP) is 3.11. The SMILES string of the molecule is O=S(=O)(NCc1ccccc1)Nc1ccccc1OCc1ccccn1. The fourth-order valence-corrected chi connectivity index (χ4v) is 3.15. The van der Waals surface area contributed by atoms with E-state index in [1.165, 1.54) is 0 Å². The molecule has 0 spiro atoms. The molecule has 7 heteroatoms. The van der Waals surface area contributed by atoms with E-state index in [0.717, 1.165) is 11.3 Å². The van der Waals surface area contributed by atoms with E-state index >= 15 is 0 Å². The van der Waals surface area contributed by atoms with Crippen molar-refractivity contribution in [3.8, 4) is 5.75 Å². The van der Waals surface area contributed by atoms with Gasteiger partial charge in [0.25, 0.3) is 10.2 Å². The Morgan fingerprint density at radius 2 is 1.62 bits per heavy atom. The summed E-state index contributed by atoms with van der Waals surface area (Å²) in [6.07, 6.45) is 1.68. The lowest BCUT2D eigenvalue weighted by atomic mass is 10.2. The summed E-state index contributed by atoms with van der Waals surface area (Å²) in [6.45, 7) is 0.449. The molecule has 3 aromatic rings. The van der Waals surface area contributed by atoms with Crippen LogP contribution in [0, 0.1) is 0 Å². The van der Waals surface area contributed by atoms with E-state index in [2.05, 4.69) is 14.4 Å². The third kappa shape index (κ3) is 5.30. The van der Waals surface area contributed by atoms with Crippen molar-refractivity contribution in [2.24, 2.45) is 0 Å². The van der Waals surface area contributed by atoms with Crippen LogP contribution in [-0.2, 0) is 23.4 Å². The lowest BCUT2D eigenvalue weighted by Crippen LogP contribution is -2.29. The predicted molar refractivity (Wildman–Crippen MR) is 101 cm³/mol. The maximum atomic E-state index is 12.3. The molecule has 2 N–H and O–H groups in total. The van der Waals surface area contributed by atoms with Crippen LogP contribution in [0.15, 0.2) is 79.0 Å². The first-order valence-electron chi connectivity index (χ1n) is 8.05. The number of anilines is 1. The summed E-state index contributed by atoms with van der Waals surface area (Å²) in [5.41, 5.74) is 1.99. The quantitative estimate of drug-likeness (QED) is 0.639. The summed E-state index contributed by atoms with van der Waals surface area (Å²) >= 11 is 0. The van der Waals surface area contributed by atoms with Gasteiger partial charge in [0, 0.05) is 12.7 Å². The second kappa shape index (κ2) is 8.46. The van der Waals surface area contributed by atoms with Crippen molar-refractivity contribution in [1.29, 1.82) is 0 Å². The van der Waals surface area contributed by atoms with Crippen molar-refractivity contribution in [3.05, 3.63) is 90.3 Å². The van der Waals surface area contributed by atoms with Gasteiger partial charge in [0.05, 0.1) is 11.4 Å². The first-order chi connectivity index (χ1) is 12.6. The minimum absolute atomic E-state index is 0.202. The van der Waals surface area contributed by atoms with Crippen molar-refractivity contribution >= 4 is 15.9 Å². The van der Waals surface area contributed by atoms with Gasteiger partial charge < -0.3 is 4.74 Å². The number of hydrogen-bond acceptors (Lipinski definition) is 4. The third-order valence-electron chi connectivity index (χ3n) is 3.54. The van der Waals surface area contributed by atoms with E-state index in [9.17, 15) is 8.42 Å². The van der Waals surface area contributed by atoms with E-state index in [1.54, 1.807) is 30.5 Å². The van der Waals surface area contributed by atoms with Crippen molar-refractivity contribution < 1.29 is 13.2 Å². The Morgan fingerprint density at radius 3 is 2.38 bits per heavy atom. The van der Waals surface area contributed by atoms with Crippen molar-refractivity contribution in [3.63, 3.8) is 0 Å². The summed E-state index contributed by atoms with van der Waals surface area (Å²) in [5.74, 6) is 0.434. The van der Waals surface area contributed by atoms with Crippen LogP contribution >= 0.6 is 0 Å². The molecule has 2 aromatic carbocycles. The minimum atomic E-state index is -3.73. The molecule has 0 aliphatic heterocycles. The van der Waals surface area contributed by atoms with Gasteiger partial charge in [-0.2, -0.15) is 13.1 Å². The Labute approximate surface area is 153 Å². The van der Waals surface area contributed by atoms with Gasteiger partial charge in [0.15, 0.2) is 0 Å². The van der Waals surface area contributed by atoms with Gasteiger partial charge >= 0.3 is 0 Å². The molecule has 0 aliphatic carbocycles. The van der Waals surface area contributed by atoms with Gasteiger partial charge in [-0.15, -0.1) is 0 Å². The Bertz CT molecular complexity index is 933. The molecule has 0 saturated carbocycles. The van der Waals surface area contributed by atoms with Crippen LogP contribution in [0.5, 0.6) is 5.75 Å². The van der Waals surface area contributed by atoms with Crippen LogP contribution in [-0.4, -0.2) is 13.4 Å². The molecule has 0 saturated heterocycles. The number of para-hydroxylation sites is 2. The zero-order valence-electron chi connectivity index (χ0n) is 14.0. The zero-order valence-corrected chi connectivity index (χ0v) is 14.8. The second-order valence-corrected chi connectivity index (χ2v) is 7.02. The molecule has 0 unspecified atom stereocenters. The number of nitrogens with zero attached hydrogens (tertiary/aromatic N) is 1. The molecule has 134 valence electrons. The van der Waals surface area contributed by atoms with Crippen LogP contribution < -0.4 is 14.2 Å². The van der Waals surface area contributed by atoms with Gasteiger partial charge in [0.1, 0.15) is 12.4 Å². The number of pyridine rings is 1. The van der Waals surface area contributed by atoms with Crippen LogP contribution in [0.1, 0.15) is 11.3 Å². The van der Waals surface area contributed by atoms with Crippen molar-refractivity contribution in [2.45, 2.75) is 13.2 Å². The van der Waals surface area contributed by atoms with E-state index in [4.69, 9.17) is 4.74 Å². The molecular formula is C19H19N3O3S. The Balaban J connectivity index is 1.65. The molecule has 1 aromatic heterocycles. The van der Waals surface area contributed by atoms with Crippen molar-refractivity contribution in [1.82, 2.24) is 9.71 Å². The topological polar surface area (TPSA) is 80.3 Å². The van der Waals surface area contributed by atoms with E-state index in [1.807, 2.05) is 48.5 Å². The van der Waals surface area contributed by atoms with Crippen LogP contribution in [0.3, 0.4) is 0 Å². The number of nitrogens with one attached hydrogen (secondary N) is 2. The van der Waals surface area contributed by atoms with E-state index < -0.39 is 10.2 Å². The average molecular weight is 369 g/mol. The maximum Gasteiger partial charge on any atom is 0.299 e. The van der Waals surface area contributed by atoms with E-state index in [-0.39, 0.29) is 13.2 Å². The fourth-order valence-electron chi connectivity index (χ4n) is 2.27. The highest BCUT2D eigenvalue weighted by molar-refractivity contribution is 7.90. The largest absolute Gasteiger partial charge is 0.485 e. The summed E-state index contributed by atoms with van der Waals surface area (Å²) in [6, 6.07) is 21.7. The molecule has 0 bridgehead atoms. The first kappa shape index (κ1) is 17.9. The zero-order chi connectivity index (χ0) is 18.2. The molecule has 0 atom stereocenters. The van der Waals surface area contributed by atoms with E-state index in [0.29, 0.717) is 11.4 Å². The first-order valence-corrected chi connectivity index (χ1v) is 9.54. The molecule has 3 rings (SSSR count). The standard InChI is InChI=1S/C19H19N3O3S/c23-26(24,21-14-16-8-2-1-3-9-16)22-18-11-4-5-12-19(18)25-15-17-10-6-7-13-20-17/h1-13,21-22H,14-15H2. The monoisotopic (exact) mass is 369 g/mol. The molecular weight excluding hydrogens is 350 g/mol. The van der Waals surface area contributed by atoms with Gasteiger partial charge in [-0.1, -0.05) is 48.5 Å². The van der Waals surface area contributed by atoms with Gasteiger partial charge in [-0.05, 0) is 29.8 Å². The number of ether oxygens (including phenoxy) is 1. The lowest BCUT2D eigenvalue weighted by molar-refractivity contribution is 0.303. The second-order valence-electron chi connectivity index (χ2n) is 5.52. The normalized spacial score (nSPS) is 11.1. The molecule has 0 amide bonds. The molecule has 26 heavy (non-hydrogen) atoms. The highest BCUT2D eigenvalue weighted by Crippen LogP contribution is 2.25. The fraction of sp³-hybridized carbons (Fsp3) is 0.105. The Kier molecular flexibility index (Phi) is 5.83. The average Bonchev–Trinajstić information content (AvgIpc) is 2.67. The minimum Gasteiger partial charge on any atom is -0.485 e. The summed E-state index contributed by atoms with van der Waals surface area (Å²) < 4.78 is 35.4. The van der Waals surface area contributed by atoms with Gasteiger partial charge in [0.2, 0.25) is 0 Å². The summed E-state index contributed by atoms with van der Waals surface area (Å²) in [4.78, 5) is 4.19. The molecule has 0 radical (unpaired) electrons. The van der Waals surface area contributed by atoms with Gasteiger partial charge in [-0.3, -0.25) is 9.71 Å². The number of benzene rings is 2. The van der Waals surface area contributed by atoms with Crippen LogP contribution in [0.2, 0.25) is 0 Å². The summed E-state index contributed by atoms with van der Waals surface area (Å²) in [7, 11) is -3.73. The third-order valence-corrected chi connectivity index (χ3v) is 4.56. The Morgan fingerprint density at radius 1 is 0.885 bits per heavy atom. The molecule has 6 nitrogen and oxygen atoms in total. The Hall–Kier alpha value is -2.90.